The Kier molecular flexibility index (Phi) is 4.85. The molecule has 0 fully saturated rings. The summed E-state index contributed by atoms with van der Waals surface area (Å²) in [4.78, 5) is 15.0. The monoisotopic (exact) mass is 361 g/mol. The lowest BCUT2D eigenvalue weighted by molar-refractivity contribution is 0.0514. The van der Waals surface area contributed by atoms with E-state index in [1.165, 1.54) is 0 Å². The second kappa shape index (κ2) is 5.72. The van der Waals surface area contributed by atoms with E-state index in [0.29, 0.717) is 0 Å². The van der Waals surface area contributed by atoms with Gasteiger partial charge in [-0.25, -0.2) is 18.6 Å². The zero-order valence-corrected chi connectivity index (χ0v) is 11.1. The number of hydrogen-bond donors (Lipinski definition) is 0. The van der Waals surface area contributed by atoms with Crippen LogP contribution in [0.5, 0.6) is 0 Å². The lowest BCUT2D eigenvalue weighted by atomic mass is 10.1. The first kappa shape index (κ1) is 13.6. The number of aromatic nitrogens is 1. The first-order valence-corrected chi connectivity index (χ1v) is 5.73. The van der Waals surface area contributed by atoms with Gasteiger partial charge in [-0.2, -0.15) is 0 Å². The van der Waals surface area contributed by atoms with Crippen LogP contribution in [0.3, 0.4) is 0 Å². The molecule has 0 spiro atoms. The summed E-state index contributed by atoms with van der Waals surface area (Å²) < 4.78 is 30.3. The molecule has 7 heteroatoms. The Morgan fingerprint density at radius 3 is 2.81 bits per heavy atom. The van der Waals surface area contributed by atoms with Crippen molar-refractivity contribution in [2.45, 2.75) is 13.3 Å². The standard InChI is InChI=1S/C9H7ClF2INO2/c1-2-16-9(15)4-3-14-7(10)6(13)5(4)8(11)12/h3,8H,2H2,1H3. The minimum Gasteiger partial charge on any atom is -0.462 e. The third-order valence-corrected chi connectivity index (χ3v) is 3.43. The first-order valence-electron chi connectivity index (χ1n) is 4.28. The molecule has 0 bridgehead atoms. The maximum atomic E-state index is 12.8. The number of alkyl halides is 2. The Balaban J connectivity index is 3.28. The zero-order valence-electron chi connectivity index (χ0n) is 8.14. The molecule has 3 nitrogen and oxygen atoms in total. The molecule has 0 unspecified atom stereocenters. The van der Waals surface area contributed by atoms with Gasteiger partial charge in [-0.3, -0.25) is 0 Å². The van der Waals surface area contributed by atoms with Gasteiger partial charge in [-0.15, -0.1) is 0 Å². The molecule has 0 N–H and O–H groups in total. The molecule has 0 saturated carbocycles. The normalized spacial score (nSPS) is 10.6. The van der Waals surface area contributed by atoms with Gasteiger partial charge in [-0.1, -0.05) is 11.6 Å². The molecular formula is C9H7ClF2INO2. The quantitative estimate of drug-likeness (QED) is 0.470. The number of carbonyl (C=O) groups excluding carboxylic acids is 1. The van der Waals surface area contributed by atoms with E-state index in [0.717, 1.165) is 6.20 Å². The van der Waals surface area contributed by atoms with Crippen LogP contribution in [0, 0.1) is 3.57 Å². The van der Waals surface area contributed by atoms with E-state index < -0.39 is 18.0 Å². The van der Waals surface area contributed by atoms with Crippen LogP contribution in [0.2, 0.25) is 5.15 Å². The van der Waals surface area contributed by atoms with Crippen LogP contribution in [-0.4, -0.2) is 17.6 Å². The molecule has 0 aliphatic heterocycles. The highest BCUT2D eigenvalue weighted by molar-refractivity contribution is 14.1. The maximum absolute atomic E-state index is 12.8. The van der Waals surface area contributed by atoms with Crippen molar-refractivity contribution < 1.29 is 18.3 Å². The predicted molar refractivity (Wildman–Crippen MR) is 62.9 cm³/mol. The van der Waals surface area contributed by atoms with Crippen molar-refractivity contribution >= 4 is 40.2 Å². The SMILES string of the molecule is CCOC(=O)c1cnc(Cl)c(I)c1C(F)F. The molecule has 0 aromatic carbocycles. The number of halogens is 4. The van der Waals surface area contributed by atoms with Crippen LogP contribution in [-0.2, 0) is 4.74 Å². The van der Waals surface area contributed by atoms with Crippen molar-refractivity contribution in [2.75, 3.05) is 6.61 Å². The molecule has 0 atom stereocenters. The Morgan fingerprint density at radius 2 is 2.31 bits per heavy atom. The molecule has 16 heavy (non-hydrogen) atoms. The minimum atomic E-state index is -2.80. The smallest absolute Gasteiger partial charge is 0.340 e. The largest absolute Gasteiger partial charge is 0.462 e. The fourth-order valence-corrected chi connectivity index (χ4v) is 1.88. The molecule has 0 saturated heterocycles. The van der Waals surface area contributed by atoms with Gasteiger partial charge in [0.2, 0.25) is 0 Å². The van der Waals surface area contributed by atoms with Crippen molar-refractivity contribution in [1.29, 1.82) is 0 Å². The van der Waals surface area contributed by atoms with Gasteiger partial charge in [0.1, 0.15) is 5.15 Å². The summed E-state index contributed by atoms with van der Waals surface area (Å²) in [5.41, 5.74) is -0.676. The third-order valence-electron chi connectivity index (χ3n) is 1.73. The van der Waals surface area contributed by atoms with Gasteiger partial charge in [0, 0.05) is 6.20 Å². The highest BCUT2D eigenvalue weighted by Gasteiger charge is 2.24. The first-order chi connectivity index (χ1) is 7.49. The molecule has 0 amide bonds. The molecular weight excluding hydrogens is 354 g/mol. The van der Waals surface area contributed by atoms with Crippen LogP contribution in [0.25, 0.3) is 0 Å². The van der Waals surface area contributed by atoms with E-state index in [1.54, 1.807) is 29.5 Å². The molecule has 1 aromatic rings. The number of esters is 1. The molecule has 0 radical (unpaired) electrons. The number of rotatable bonds is 3. The van der Waals surface area contributed by atoms with E-state index >= 15 is 0 Å². The predicted octanol–water partition coefficient (Wildman–Crippen LogP) is 3.45. The average Bonchev–Trinajstić information content (AvgIpc) is 2.21. The van der Waals surface area contributed by atoms with Crippen LogP contribution in [0.4, 0.5) is 8.78 Å². The zero-order chi connectivity index (χ0) is 12.3. The number of pyridine rings is 1. The van der Waals surface area contributed by atoms with Gasteiger partial charge in [-0.05, 0) is 29.5 Å². The molecule has 1 rings (SSSR count). The van der Waals surface area contributed by atoms with Crippen molar-refractivity contribution in [3.05, 3.63) is 26.0 Å². The van der Waals surface area contributed by atoms with Gasteiger partial charge >= 0.3 is 5.97 Å². The summed E-state index contributed by atoms with van der Waals surface area (Å²) in [6, 6.07) is 0. The van der Waals surface area contributed by atoms with Gasteiger partial charge in [0.15, 0.2) is 0 Å². The lowest BCUT2D eigenvalue weighted by Gasteiger charge is -2.10. The van der Waals surface area contributed by atoms with Crippen molar-refractivity contribution in [2.24, 2.45) is 0 Å². The van der Waals surface area contributed by atoms with Crippen molar-refractivity contribution in [3.63, 3.8) is 0 Å². The highest BCUT2D eigenvalue weighted by atomic mass is 127. The third kappa shape index (κ3) is 2.79. The Hall–Kier alpha value is -0.500. The number of ether oxygens (including phenoxy) is 1. The Labute approximate surface area is 109 Å². The topological polar surface area (TPSA) is 39.2 Å². The van der Waals surface area contributed by atoms with E-state index in [2.05, 4.69) is 9.72 Å². The summed E-state index contributed by atoms with van der Waals surface area (Å²) in [5, 5.41) is -0.0519. The molecule has 0 aliphatic carbocycles. The van der Waals surface area contributed by atoms with E-state index in [1.807, 2.05) is 0 Å². The second-order valence-electron chi connectivity index (χ2n) is 2.71. The molecule has 1 aromatic heterocycles. The van der Waals surface area contributed by atoms with Gasteiger partial charge < -0.3 is 4.74 Å². The lowest BCUT2D eigenvalue weighted by Crippen LogP contribution is -2.11. The van der Waals surface area contributed by atoms with Crippen molar-refractivity contribution in [3.8, 4) is 0 Å². The average molecular weight is 362 g/mol. The summed E-state index contributed by atoms with van der Waals surface area (Å²) in [7, 11) is 0. The minimum absolute atomic E-state index is 0.0519. The van der Waals surface area contributed by atoms with E-state index in [-0.39, 0.29) is 20.9 Å². The van der Waals surface area contributed by atoms with E-state index in [4.69, 9.17) is 11.6 Å². The fraction of sp³-hybridized carbons (Fsp3) is 0.333. The number of hydrogen-bond acceptors (Lipinski definition) is 3. The second-order valence-corrected chi connectivity index (χ2v) is 4.15. The highest BCUT2D eigenvalue weighted by Crippen LogP contribution is 2.31. The van der Waals surface area contributed by atoms with Gasteiger partial charge in [0.05, 0.1) is 21.3 Å². The van der Waals surface area contributed by atoms with Crippen LogP contribution >= 0.6 is 34.2 Å². The Morgan fingerprint density at radius 1 is 1.69 bits per heavy atom. The van der Waals surface area contributed by atoms with Crippen LogP contribution in [0.1, 0.15) is 29.3 Å². The number of nitrogens with zero attached hydrogens (tertiary/aromatic N) is 1. The van der Waals surface area contributed by atoms with E-state index in [9.17, 15) is 13.6 Å². The number of carbonyl (C=O) groups is 1. The summed E-state index contributed by atoms with van der Waals surface area (Å²) in [6.45, 7) is 1.70. The summed E-state index contributed by atoms with van der Waals surface area (Å²) >= 11 is 7.23. The van der Waals surface area contributed by atoms with Gasteiger partial charge in [0.25, 0.3) is 6.43 Å². The fourth-order valence-electron chi connectivity index (χ4n) is 1.06. The van der Waals surface area contributed by atoms with Crippen molar-refractivity contribution in [1.82, 2.24) is 4.98 Å². The Bertz CT molecular complexity index is 415. The maximum Gasteiger partial charge on any atom is 0.340 e. The molecule has 1 heterocycles. The summed E-state index contributed by atoms with van der Waals surface area (Å²) in [6.07, 6.45) is -1.80. The van der Waals surface area contributed by atoms with Crippen LogP contribution < -0.4 is 0 Å². The molecule has 0 aliphatic rings. The summed E-state index contributed by atoms with van der Waals surface area (Å²) in [5.74, 6) is -0.820. The van der Waals surface area contributed by atoms with Crippen LogP contribution in [0.15, 0.2) is 6.20 Å². The molecule has 88 valence electrons.